The first kappa shape index (κ1) is 23.2. The second kappa shape index (κ2) is 10.00. The molecule has 2 unspecified atom stereocenters. The fraction of sp³-hybridized carbons (Fsp3) is 0.100. The lowest BCUT2D eigenvalue weighted by atomic mass is 9.92. The number of hydrogen-bond acceptors (Lipinski definition) is 4. The second-order valence-electron chi connectivity index (χ2n) is 8.59. The van der Waals surface area contributed by atoms with Gasteiger partial charge >= 0.3 is 0 Å². The van der Waals surface area contributed by atoms with E-state index >= 15 is 0 Å². The number of imidazole rings is 1. The lowest BCUT2D eigenvalue weighted by Crippen LogP contribution is -2.14. The highest BCUT2D eigenvalue weighted by atomic mass is 32.2. The van der Waals surface area contributed by atoms with Gasteiger partial charge in [0.15, 0.2) is 0 Å². The number of nitriles is 2. The number of fused-ring (bicyclic) bond motifs is 1. The zero-order chi connectivity index (χ0) is 25.1. The Hall–Kier alpha value is -4.52. The first-order valence-corrected chi connectivity index (χ1v) is 12.8. The molecule has 4 aromatic carbocycles. The Morgan fingerprint density at radius 2 is 1.69 bits per heavy atom. The minimum Gasteiger partial charge on any atom is -0.336 e. The van der Waals surface area contributed by atoms with Crippen molar-refractivity contribution >= 4 is 21.6 Å². The van der Waals surface area contributed by atoms with E-state index in [4.69, 9.17) is 5.26 Å². The molecule has 1 heterocycles. The van der Waals surface area contributed by atoms with Crippen molar-refractivity contribution in [2.75, 3.05) is 0 Å². The topological polar surface area (TPSA) is 82.5 Å². The molecule has 5 rings (SSSR count). The Balaban J connectivity index is 1.63. The van der Waals surface area contributed by atoms with Crippen LogP contribution < -0.4 is 0 Å². The van der Waals surface area contributed by atoms with Gasteiger partial charge in [-0.05, 0) is 51.7 Å². The molecule has 5 aromatic rings. The summed E-state index contributed by atoms with van der Waals surface area (Å²) in [6, 6.07) is 31.5. The Kier molecular flexibility index (Phi) is 6.45. The van der Waals surface area contributed by atoms with Crippen LogP contribution in [-0.2, 0) is 23.6 Å². The predicted octanol–water partition coefficient (Wildman–Crippen LogP) is 6.02. The van der Waals surface area contributed by atoms with Gasteiger partial charge < -0.3 is 4.57 Å². The highest BCUT2D eigenvalue weighted by Gasteiger charge is 2.26. The van der Waals surface area contributed by atoms with E-state index in [1.807, 2.05) is 66.2 Å². The maximum absolute atomic E-state index is 13.9. The molecule has 0 bridgehead atoms. The van der Waals surface area contributed by atoms with Crippen molar-refractivity contribution in [2.45, 2.75) is 11.0 Å². The Morgan fingerprint density at radius 1 is 0.917 bits per heavy atom. The molecular formula is C30H22N4OS. The summed E-state index contributed by atoms with van der Waals surface area (Å²) in [5, 5.41) is 20.7. The van der Waals surface area contributed by atoms with Crippen molar-refractivity contribution in [1.29, 1.82) is 10.5 Å². The number of aryl methyl sites for hydroxylation is 1. The molecular weight excluding hydrogens is 464 g/mol. The molecule has 1 aromatic heterocycles. The van der Waals surface area contributed by atoms with E-state index in [2.05, 4.69) is 35.3 Å². The summed E-state index contributed by atoms with van der Waals surface area (Å²) in [6.45, 7) is 0. The summed E-state index contributed by atoms with van der Waals surface area (Å²) >= 11 is 0. The lowest BCUT2D eigenvalue weighted by Gasteiger charge is -2.20. The maximum atomic E-state index is 13.9. The average molecular weight is 487 g/mol. The summed E-state index contributed by atoms with van der Waals surface area (Å²) in [7, 11) is 0.557. The Bertz CT molecular complexity index is 1670. The van der Waals surface area contributed by atoms with E-state index in [1.54, 1.807) is 24.7 Å². The summed E-state index contributed by atoms with van der Waals surface area (Å²) in [5.41, 5.74) is 5.49. The van der Waals surface area contributed by atoms with Crippen LogP contribution in [0, 0.1) is 22.7 Å². The van der Waals surface area contributed by atoms with Crippen LogP contribution >= 0.6 is 0 Å². The van der Waals surface area contributed by atoms with Crippen molar-refractivity contribution in [3.05, 3.63) is 125 Å². The van der Waals surface area contributed by atoms with Gasteiger partial charge in [-0.2, -0.15) is 10.5 Å². The highest BCUT2D eigenvalue weighted by Crippen LogP contribution is 2.36. The van der Waals surface area contributed by atoms with E-state index < -0.39 is 16.0 Å². The Morgan fingerprint density at radius 3 is 2.42 bits per heavy atom. The van der Waals surface area contributed by atoms with E-state index in [-0.39, 0.29) is 0 Å². The molecule has 0 saturated carbocycles. The minimum absolute atomic E-state index is 0.325. The van der Waals surface area contributed by atoms with Gasteiger partial charge in [-0.15, -0.1) is 0 Å². The third-order valence-corrected chi connectivity index (χ3v) is 7.98. The minimum atomic E-state index is -1.33. The molecule has 0 amide bonds. The largest absolute Gasteiger partial charge is 0.336 e. The zero-order valence-electron chi connectivity index (χ0n) is 19.6. The number of benzene rings is 4. The molecule has 0 N–H and O–H groups in total. The van der Waals surface area contributed by atoms with E-state index in [0.29, 0.717) is 16.9 Å². The number of aromatic nitrogens is 2. The molecule has 0 radical (unpaired) electrons. The first-order chi connectivity index (χ1) is 17.6. The normalized spacial score (nSPS) is 12.5. The quantitative estimate of drug-likeness (QED) is 0.294. The van der Waals surface area contributed by atoms with Gasteiger partial charge in [0.05, 0.1) is 35.3 Å². The van der Waals surface area contributed by atoms with Gasteiger partial charge in [0, 0.05) is 35.4 Å². The second-order valence-corrected chi connectivity index (χ2v) is 10.1. The molecule has 0 saturated heterocycles. The summed E-state index contributed by atoms with van der Waals surface area (Å²) < 4.78 is 15.8. The van der Waals surface area contributed by atoms with Gasteiger partial charge in [-0.3, -0.25) is 4.21 Å². The van der Waals surface area contributed by atoms with Crippen LogP contribution in [0.4, 0.5) is 0 Å². The standard InChI is InChI=1S/C30H22N4OS/c1-34-20-33-18-29(34)30(36(35)19-22-11-9-21(16-31)10-12-22)24-13-14-25(17-32)28(15-24)27-8-4-6-23-5-2-3-7-26(23)27/h2-15,18,20,30H,19H2,1H3. The lowest BCUT2D eigenvalue weighted by molar-refractivity contribution is 0.674. The highest BCUT2D eigenvalue weighted by molar-refractivity contribution is 7.84. The molecule has 174 valence electrons. The van der Waals surface area contributed by atoms with Gasteiger partial charge in [0.1, 0.15) is 5.25 Å². The van der Waals surface area contributed by atoms with Crippen LogP contribution in [0.5, 0.6) is 0 Å². The molecule has 0 aliphatic carbocycles. The predicted molar refractivity (Wildman–Crippen MR) is 142 cm³/mol. The number of rotatable bonds is 6. The van der Waals surface area contributed by atoms with Crippen molar-refractivity contribution in [1.82, 2.24) is 9.55 Å². The van der Waals surface area contributed by atoms with Crippen molar-refractivity contribution < 1.29 is 4.21 Å². The monoisotopic (exact) mass is 486 g/mol. The number of nitrogens with zero attached hydrogens (tertiary/aromatic N) is 4. The molecule has 0 aliphatic rings. The summed E-state index contributed by atoms with van der Waals surface area (Å²) in [6.07, 6.45) is 3.45. The van der Waals surface area contributed by atoms with Crippen LogP contribution in [0.3, 0.4) is 0 Å². The maximum Gasteiger partial charge on any atom is 0.102 e. The van der Waals surface area contributed by atoms with Crippen molar-refractivity contribution in [3.63, 3.8) is 0 Å². The van der Waals surface area contributed by atoms with Crippen LogP contribution in [-0.4, -0.2) is 13.8 Å². The third-order valence-electron chi connectivity index (χ3n) is 6.32. The molecule has 0 spiro atoms. The van der Waals surface area contributed by atoms with Crippen LogP contribution in [0.15, 0.2) is 97.5 Å². The summed E-state index contributed by atoms with van der Waals surface area (Å²) in [5.74, 6) is 0.325. The van der Waals surface area contributed by atoms with Gasteiger partial charge in [-0.25, -0.2) is 4.98 Å². The van der Waals surface area contributed by atoms with Gasteiger partial charge in [0.2, 0.25) is 0 Å². The Labute approximate surface area is 212 Å². The third kappa shape index (κ3) is 4.43. The molecule has 5 nitrogen and oxygen atoms in total. The van der Waals surface area contributed by atoms with E-state index in [9.17, 15) is 9.47 Å². The molecule has 2 atom stereocenters. The molecule has 0 aliphatic heterocycles. The van der Waals surface area contributed by atoms with Gasteiger partial charge in [-0.1, -0.05) is 60.7 Å². The fourth-order valence-corrected chi connectivity index (χ4v) is 6.14. The van der Waals surface area contributed by atoms with E-state index in [1.165, 1.54) is 0 Å². The van der Waals surface area contributed by atoms with E-state index in [0.717, 1.165) is 38.7 Å². The smallest absolute Gasteiger partial charge is 0.102 e. The summed E-state index contributed by atoms with van der Waals surface area (Å²) in [4.78, 5) is 4.28. The van der Waals surface area contributed by atoms with Crippen molar-refractivity contribution in [3.8, 4) is 23.3 Å². The number of hydrogen-bond donors (Lipinski definition) is 0. The van der Waals surface area contributed by atoms with Crippen LogP contribution in [0.1, 0.15) is 33.2 Å². The SMILES string of the molecule is Cn1cncc1C(c1ccc(C#N)c(-c2cccc3ccccc23)c1)S(=O)Cc1ccc(C#N)cc1. The van der Waals surface area contributed by atoms with Gasteiger partial charge in [0.25, 0.3) is 0 Å². The zero-order valence-corrected chi connectivity index (χ0v) is 20.4. The molecule has 36 heavy (non-hydrogen) atoms. The fourth-order valence-electron chi connectivity index (χ4n) is 4.51. The average Bonchev–Trinajstić information content (AvgIpc) is 3.34. The molecule has 6 heteroatoms. The van der Waals surface area contributed by atoms with Crippen LogP contribution in [0.25, 0.3) is 21.9 Å². The van der Waals surface area contributed by atoms with Crippen LogP contribution in [0.2, 0.25) is 0 Å². The van der Waals surface area contributed by atoms with Crippen molar-refractivity contribution in [2.24, 2.45) is 7.05 Å². The molecule has 0 fully saturated rings. The first-order valence-electron chi connectivity index (χ1n) is 11.4.